The summed E-state index contributed by atoms with van der Waals surface area (Å²) in [7, 11) is 0. The van der Waals surface area contributed by atoms with Crippen LogP contribution in [0.4, 0.5) is 4.79 Å². The maximum atomic E-state index is 11.2. The minimum Gasteiger partial charge on any atom is -0.434 e. The van der Waals surface area contributed by atoms with Gasteiger partial charge in [0.25, 0.3) is 0 Å². The molecule has 1 rings (SSSR count). The molecule has 4 nitrogen and oxygen atoms in total. The zero-order valence-electron chi connectivity index (χ0n) is 9.13. The molecule has 0 amide bonds. The summed E-state index contributed by atoms with van der Waals surface area (Å²) in [6.07, 6.45) is 0.507. The van der Waals surface area contributed by atoms with Gasteiger partial charge in [-0.15, -0.1) is 0 Å². The number of carbonyl (C=O) groups is 1. The third-order valence-electron chi connectivity index (χ3n) is 1.99. The SMILES string of the molecule is CC(C)(C)OC(=O)OCC1CCNC1. The molecule has 1 heterocycles. The Kier molecular flexibility index (Phi) is 3.75. The van der Waals surface area contributed by atoms with Crippen LogP contribution in [0, 0.1) is 5.92 Å². The Morgan fingerprint density at radius 3 is 2.71 bits per heavy atom. The molecule has 0 aromatic carbocycles. The maximum Gasteiger partial charge on any atom is 0.508 e. The first-order valence-corrected chi connectivity index (χ1v) is 5.04. The molecular formula is C10H19NO3. The summed E-state index contributed by atoms with van der Waals surface area (Å²) in [5.41, 5.74) is -0.467. The second-order valence-electron chi connectivity index (χ2n) is 4.63. The highest BCUT2D eigenvalue weighted by molar-refractivity contribution is 5.60. The lowest BCUT2D eigenvalue weighted by atomic mass is 10.1. The van der Waals surface area contributed by atoms with E-state index >= 15 is 0 Å². The molecule has 1 fully saturated rings. The zero-order valence-corrected chi connectivity index (χ0v) is 9.13. The number of rotatable bonds is 2. The third kappa shape index (κ3) is 4.46. The van der Waals surface area contributed by atoms with Crippen molar-refractivity contribution in [3.8, 4) is 0 Å². The summed E-state index contributed by atoms with van der Waals surface area (Å²) in [4.78, 5) is 11.2. The highest BCUT2D eigenvalue weighted by Crippen LogP contribution is 2.11. The standard InChI is InChI=1S/C10H19NO3/c1-10(2,3)14-9(12)13-7-8-4-5-11-6-8/h8,11H,4-7H2,1-3H3. The van der Waals surface area contributed by atoms with Crippen LogP contribution in [-0.4, -0.2) is 31.5 Å². The van der Waals surface area contributed by atoms with Crippen molar-refractivity contribution in [3.63, 3.8) is 0 Å². The molecule has 0 radical (unpaired) electrons. The molecule has 1 unspecified atom stereocenters. The maximum absolute atomic E-state index is 11.2. The van der Waals surface area contributed by atoms with Gasteiger partial charge in [0.15, 0.2) is 0 Å². The number of ether oxygens (including phenoxy) is 2. The lowest BCUT2D eigenvalue weighted by molar-refractivity contribution is -0.0121. The fourth-order valence-corrected chi connectivity index (χ4v) is 1.32. The van der Waals surface area contributed by atoms with E-state index in [2.05, 4.69) is 5.32 Å². The molecule has 82 valence electrons. The Labute approximate surface area is 85.0 Å². The largest absolute Gasteiger partial charge is 0.508 e. The lowest BCUT2D eigenvalue weighted by Crippen LogP contribution is -2.26. The molecule has 0 saturated carbocycles. The Hall–Kier alpha value is -0.770. The molecule has 1 atom stereocenters. The van der Waals surface area contributed by atoms with Crippen LogP contribution in [0.2, 0.25) is 0 Å². The first-order valence-electron chi connectivity index (χ1n) is 5.04. The van der Waals surface area contributed by atoms with Crippen molar-refractivity contribution in [2.24, 2.45) is 5.92 Å². The molecule has 0 aromatic rings. The van der Waals surface area contributed by atoms with Crippen molar-refractivity contribution in [1.29, 1.82) is 0 Å². The molecule has 0 spiro atoms. The average Bonchev–Trinajstić information content (AvgIpc) is 2.49. The second kappa shape index (κ2) is 4.64. The van der Waals surface area contributed by atoms with Gasteiger partial charge in [-0.05, 0) is 33.7 Å². The van der Waals surface area contributed by atoms with Crippen molar-refractivity contribution in [2.45, 2.75) is 32.8 Å². The van der Waals surface area contributed by atoms with Gasteiger partial charge < -0.3 is 14.8 Å². The Morgan fingerprint density at radius 2 is 2.21 bits per heavy atom. The average molecular weight is 201 g/mol. The van der Waals surface area contributed by atoms with Gasteiger partial charge in [0, 0.05) is 12.5 Å². The summed E-state index contributed by atoms with van der Waals surface area (Å²) in [6.45, 7) is 7.88. The Balaban J connectivity index is 2.14. The molecular weight excluding hydrogens is 182 g/mol. The van der Waals surface area contributed by atoms with Gasteiger partial charge in [-0.25, -0.2) is 4.79 Å². The van der Waals surface area contributed by atoms with Crippen molar-refractivity contribution >= 4 is 6.16 Å². The van der Waals surface area contributed by atoms with Gasteiger partial charge >= 0.3 is 6.16 Å². The van der Waals surface area contributed by atoms with Crippen molar-refractivity contribution < 1.29 is 14.3 Å². The molecule has 1 N–H and O–H groups in total. The van der Waals surface area contributed by atoms with Crippen LogP contribution >= 0.6 is 0 Å². The lowest BCUT2D eigenvalue weighted by Gasteiger charge is -2.19. The predicted octanol–water partition coefficient (Wildman–Crippen LogP) is 1.55. The smallest absolute Gasteiger partial charge is 0.434 e. The zero-order chi connectivity index (χ0) is 10.6. The Morgan fingerprint density at radius 1 is 1.50 bits per heavy atom. The summed E-state index contributed by atoms with van der Waals surface area (Å²) in [5.74, 6) is 0.447. The first-order chi connectivity index (χ1) is 6.47. The number of hydrogen-bond donors (Lipinski definition) is 1. The van der Waals surface area contributed by atoms with E-state index in [1.54, 1.807) is 0 Å². The van der Waals surface area contributed by atoms with Crippen LogP contribution in [0.3, 0.4) is 0 Å². The number of carbonyl (C=O) groups excluding carboxylic acids is 1. The van der Waals surface area contributed by atoms with Gasteiger partial charge in [-0.3, -0.25) is 0 Å². The minimum atomic E-state index is -0.565. The van der Waals surface area contributed by atoms with Gasteiger partial charge in [0.05, 0.1) is 6.61 Å². The molecule has 1 aliphatic rings. The summed E-state index contributed by atoms with van der Waals surface area (Å²) in [6, 6.07) is 0. The molecule has 1 aliphatic heterocycles. The number of nitrogens with one attached hydrogen (secondary N) is 1. The van der Waals surface area contributed by atoms with E-state index in [-0.39, 0.29) is 0 Å². The molecule has 4 heteroatoms. The molecule has 0 bridgehead atoms. The van der Waals surface area contributed by atoms with Gasteiger partial charge in [-0.2, -0.15) is 0 Å². The monoisotopic (exact) mass is 201 g/mol. The Bertz CT molecular complexity index is 192. The van der Waals surface area contributed by atoms with E-state index in [1.165, 1.54) is 0 Å². The van der Waals surface area contributed by atoms with E-state index in [4.69, 9.17) is 9.47 Å². The molecule has 0 aliphatic carbocycles. The van der Waals surface area contributed by atoms with Crippen LogP contribution in [-0.2, 0) is 9.47 Å². The third-order valence-corrected chi connectivity index (χ3v) is 1.99. The minimum absolute atomic E-state index is 0.447. The molecule has 1 saturated heterocycles. The highest BCUT2D eigenvalue weighted by atomic mass is 16.7. The topological polar surface area (TPSA) is 47.6 Å². The fourth-order valence-electron chi connectivity index (χ4n) is 1.32. The van der Waals surface area contributed by atoms with Crippen LogP contribution in [0.25, 0.3) is 0 Å². The molecule has 0 aromatic heterocycles. The molecule has 14 heavy (non-hydrogen) atoms. The van der Waals surface area contributed by atoms with E-state index < -0.39 is 11.8 Å². The van der Waals surface area contributed by atoms with Gasteiger partial charge in [0.1, 0.15) is 5.60 Å². The van der Waals surface area contributed by atoms with E-state index in [0.717, 1.165) is 19.5 Å². The van der Waals surface area contributed by atoms with Crippen LogP contribution < -0.4 is 5.32 Å². The predicted molar refractivity (Wildman–Crippen MR) is 53.2 cm³/mol. The van der Waals surface area contributed by atoms with Crippen molar-refractivity contribution in [1.82, 2.24) is 5.32 Å². The van der Waals surface area contributed by atoms with E-state index in [0.29, 0.717) is 12.5 Å². The van der Waals surface area contributed by atoms with Gasteiger partial charge in [0.2, 0.25) is 0 Å². The van der Waals surface area contributed by atoms with Crippen LogP contribution in [0.15, 0.2) is 0 Å². The van der Waals surface area contributed by atoms with Gasteiger partial charge in [-0.1, -0.05) is 0 Å². The van der Waals surface area contributed by atoms with E-state index in [1.807, 2.05) is 20.8 Å². The van der Waals surface area contributed by atoms with Crippen molar-refractivity contribution in [2.75, 3.05) is 19.7 Å². The summed E-state index contributed by atoms with van der Waals surface area (Å²) in [5, 5.41) is 3.21. The second-order valence-corrected chi connectivity index (χ2v) is 4.63. The van der Waals surface area contributed by atoms with E-state index in [9.17, 15) is 4.79 Å². The van der Waals surface area contributed by atoms with Crippen molar-refractivity contribution in [3.05, 3.63) is 0 Å². The number of hydrogen-bond acceptors (Lipinski definition) is 4. The van der Waals surface area contributed by atoms with Crippen LogP contribution in [0.1, 0.15) is 27.2 Å². The normalized spacial score (nSPS) is 22.1. The highest BCUT2D eigenvalue weighted by Gasteiger charge is 2.20. The quantitative estimate of drug-likeness (QED) is 0.688. The van der Waals surface area contributed by atoms with Crippen LogP contribution in [0.5, 0.6) is 0 Å². The first kappa shape index (κ1) is 11.3. The summed E-state index contributed by atoms with van der Waals surface area (Å²) < 4.78 is 10.0. The summed E-state index contributed by atoms with van der Waals surface area (Å²) >= 11 is 0. The fraction of sp³-hybridized carbons (Fsp3) is 0.900.